The number of hydrogen-bond acceptors (Lipinski definition) is 3. The number of aryl methyl sites for hydroxylation is 1. The summed E-state index contributed by atoms with van der Waals surface area (Å²) < 4.78 is 5.63. The summed E-state index contributed by atoms with van der Waals surface area (Å²) in [6.07, 6.45) is 4.38. The van der Waals surface area contributed by atoms with Crippen molar-refractivity contribution >= 4 is 10.9 Å². The molecule has 1 fully saturated rings. The van der Waals surface area contributed by atoms with E-state index in [1.54, 1.807) is 0 Å². The van der Waals surface area contributed by atoms with Crippen LogP contribution in [-0.4, -0.2) is 55.8 Å². The second kappa shape index (κ2) is 6.60. The van der Waals surface area contributed by atoms with Gasteiger partial charge >= 0.3 is 0 Å². The van der Waals surface area contributed by atoms with Gasteiger partial charge in [-0.3, -0.25) is 0 Å². The highest BCUT2D eigenvalue weighted by Crippen LogP contribution is 2.21. The minimum Gasteiger partial charge on any atom is -0.378 e. The van der Waals surface area contributed by atoms with E-state index in [1.165, 1.54) is 16.5 Å². The molecule has 2 unspecified atom stereocenters. The molecule has 1 aliphatic rings. The number of nitrogens with zero attached hydrogens (tertiary/aromatic N) is 1. The molecule has 1 aromatic heterocycles. The van der Waals surface area contributed by atoms with Crippen molar-refractivity contribution in [2.75, 3.05) is 33.9 Å². The van der Waals surface area contributed by atoms with Crippen LogP contribution in [0.3, 0.4) is 0 Å². The molecule has 0 radical (unpaired) electrons. The third-order valence-electron chi connectivity index (χ3n) is 4.46. The molecule has 4 heteroatoms. The maximum Gasteiger partial charge on any atom is 0.0635 e. The Hall–Kier alpha value is -1.36. The van der Waals surface area contributed by atoms with Crippen LogP contribution in [0.25, 0.3) is 10.9 Å². The molecule has 1 saturated heterocycles. The highest BCUT2D eigenvalue weighted by atomic mass is 16.5. The van der Waals surface area contributed by atoms with Crippen molar-refractivity contribution in [1.29, 1.82) is 0 Å². The molecule has 1 aromatic carbocycles. The van der Waals surface area contributed by atoms with Crippen LogP contribution in [0.4, 0.5) is 0 Å². The van der Waals surface area contributed by atoms with E-state index in [1.807, 2.05) is 0 Å². The number of likely N-dealkylation sites (N-methyl/N-ethyl adjacent to an activating group) is 1. The molecular weight excluding hydrogens is 262 g/mol. The number of aromatic nitrogens is 1. The number of aromatic amines is 1. The highest BCUT2D eigenvalue weighted by molar-refractivity contribution is 5.82. The summed E-state index contributed by atoms with van der Waals surface area (Å²) in [7, 11) is 4.33. The largest absolute Gasteiger partial charge is 0.378 e. The Labute approximate surface area is 126 Å². The quantitative estimate of drug-likeness (QED) is 0.884. The van der Waals surface area contributed by atoms with Gasteiger partial charge in [0.25, 0.3) is 0 Å². The maximum atomic E-state index is 5.63. The van der Waals surface area contributed by atoms with Crippen LogP contribution in [0.2, 0.25) is 0 Å². The molecule has 2 atom stereocenters. The first kappa shape index (κ1) is 14.6. The van der Waals surface area contributed by atoms with Crippen molar-refractivity contribution in [2.24, 2.45) is 0 Å². The standard InChI is InChI=1S/C17H25N3O/c1-20(2)17(16-12-21-10-9-18-16)8-7-13-11-19-15-6-4-3-5-14(13)15/h3-6,11,16-19H,7-10,12H2,1-2H3. The zero-order chi connectivity index (χ0) is 14.7. The Morgan fingerprint density at radius 2 is 2.19 bits per heavy atom. The Kier molecular flexibility index (Phi) is 4.58. The number of fused-ring (bicyclic) bond motifs is 1. The van der Waals surface area contributed by atoms with E-state index in [2.05, 4.69) is 59.8 Å². The van der Waals surface area contributed by atoms with Gasteiger partial charge in [-0.2, -0.15) is 0 Å². The number of benzene rings is 1. The van der Waals surface area contributed by atoms with Gasteiger partial charge in [0.15, 0.2) is 0 Å². The van der Waals surface area contributed by atoms with Gasteiger partial charge in [0, 0.05) is 35.7 Å². The number of rotatable bonds is 5. The van der Waals surface area contributed by atoms with Crippen molar-refractivity contribution in [2.45, 2.75) is 24.9 Å². The monoisotopic (exact) mass is 287 g/mol. The van der Waals surface area contributed by atoms with E-state index >= 15 is 0 Å². The van der Waals surface area contributed by atoms with Crippen LogP contribution in [0.1, 0.15) is 12.0 Å². The van der Waals surface area contributed by atoms with Gasteiger partial charge in [0.05, 0.1) is 13.2 Å². The second-order valence-corrected chi connectivity index (χ2v) is 6.06. The summed E-state index contributed by atoms with van der Waals surface area (Å²) in [5.74, 6) is 0. The summed E-state index contributed by atoms with van der Waals surface area (Å²) in [5, 5.41) is 4.94. The Morgan fingerprint density at radius 3 is 2.95 bits per heavy atom. The fraction of sp³-hybridized carbons (Fsp3) is 0.529. The third-order valence-corrected chi connectivity index (χ3v) is 4.46. The first-order chi connectivity index (χ1) is 10.3. The fourth-order valence-electron chi connectivity index (χ4n) is 3.29. The number of nitrogens with one attached hydrogen (secondary N) is 2. The van der Waals surface area contributed by atoms with Gasteiger partial charge in [-0.25, -0.2) is 0 Å². The van der Waals surface area contributed by atoms with Crippen LogP contribution in [0.5, 0.6) is 0 Å². The van der Waals surface area contributed by atoms with Gasteiger partial charge in [-0.05, 0) is 38.6 Å². The minimum absolute atomic E-state index is 0.430. The zero-order valence-corrected chi connectivity index (χ0v) is 12.9. The average molecular weight is 287 g/mol. The Bertz CT molecular complexity index is 572. The third kappa shape index (κ3) is 3.28. The molecule has 1 aliphatic heterocycles. The Balaban J connectivity index is 1.69. The first-order valence-corrected chi connectivity index (χ1v) is 7.78. The second-order valence-electron chi connectivity index (χ2n) is 6.06. The van der Waals surface area contributed by atoms with Gasteiger partial charge < -0.3 is 19.9 Å². The first-order valence-electron chi connectivity index (χ1n) is 7.78. The van der Waals surface area contributed by atoms with Gasteiger partial charge in [-0.15, -0.1) is 0 Å². The van der Waals surface area contributed by atoms with Crippen LogP contribution in [0.15, 0.2) is 30.5 Å². The highest BCUT2D eigenvalue weighted by Gasteiger charge is 2.25. The number of ether oxygens (including phenoxy) is 1. The molecule has 21 heavy (non-hydrogen) atoms. The van der Waals surface area contributed by atoms with Crippen molar-refractivity contribution in [3.63, 3.8) is 0 Å². The van der Waals surface area contributed by atoms with Gasteiger partial charge in [0.1, 0.15) is 0 Å². The number of hydrogen-bond donors (Lipinski definition) is 2. The van der Waals surface area contributed by atoms with Crippen LogP contribution in [-0.2, 0) is 11.2 Å². The summed E-state index contributed by atoms with van der Waals surface area (Å²) in [4.78, 5) is 5.69. The molecule has 0 amide bonds. The van der Waals surface area contributed by atoms with E-state index in [0.717, 1.165) is 32.6 Å². The molecular formula is C17H25N3O. The fourth-order valence-corrected chi connectivity index (χ4v) is 3.29. The lowest BCUT2D eigenvalue weighted by Crippen LogP contribution is -2.53. The van der Waals surface area contributed by atoms with Crippen molar-refractivity contribution in [3.05, 3.63) is 36.0 Å². The van der Waals surface area contributed by atoms with E-state index in [-0.39, 0.29) is 0 Å². The van der Waals surface area contributed by atoms with E-state index in [4.69, 9.17) is 4.74 Å². The minimum atomic E-state index is 0.430. The van der Waals surface area contributed by atoms with Crippen molar-refractivity contribution in [1.82, 2.24) is 15.2 Å². The topological polar surface area (TPSA) is 40.3 Å². The molecule has 114 valence electrons. The lowest BCUT2D eigenvalue weighted by atomic mass is 9.98. The normalized spacial score (nSPS) is 21.0. The summed E-state index contributed by atoms with van der Waals surface area (Å²) in [5.41, 5.74) is 2.64. The molecule has 4 nitrogen and oxygen atoms in total. The molecule has 0 spiro atoms. The maximum absolute atomic E-state index is 5.63. The molecule has 2 heterocycles. The molecule has 3 rings (SSSR count). The zero-order valence-electron chi connectivity index (χ0n) is 12.9. The van der Waals surface area contributed by atoms with Crippen LogP contribution >= 0.6 is 0 Å². The molecule has 0 saturated carbocycles. The summed E-state index contributed by atoms with van der Waals surface area (Å²) >= 11 is 0. The predicted octanol–water partition coefficient (Wildman–Crippen LogP) is 2.02. The number of para-hydroxylation sites is 1. The summed E-state index contributed by atoms with van der Waals surface area (Å²) in [6, 6.07) is 9.46. The predicted molar refractivity (Wildman–Crippen MR) is 86.7 cm³/mol. The summed E-state index contributed by atoms with van der Waals surface area (Å²) in [6.45, 7) is 2.61. The molecule has 0 aliphatic carbocycles. The van der Waals surface area contributed by atoms with Crippen LogP contribution in [0, 0.1) is 0 Å². The van der Waals surface area contributed by atoms with E-state index < -0.39 is 0 Å². The number of morpholine rings is 1. The van der Waals surface area contributed by atoms with Gasteiger partial charge in [0.2, 0.25) is 0 Å². The van der Waals surface area contributed by atoms with E-state index in [0.29, 0.717) is 12.1 Å². The Morgan fingerprint density at radius 1 is 1.33 bits per heavy atom. The van der Waals surface area contributed by atoms with Crippen LogP contribution < -0.4 is 5.32 Å². The van der Waals surface area contributed by atoms with Crippen molar-refractivity contribution < 1.29 is 4.74 Å². The lowest BCUT2D eigenvalue weighted by molar-refractivity contribution is 0.0443. The van der Waals surface area contributed by atoms with Crippen molar-refractivity contribution in [3.8, 4) is 0 Å². The smallest absolute Gasteiger partial charge is 0.0635 e. The van der Waals surface area contributed by atoms with E-state index in [9.17, 15) is 0 Å². The molecule has 2 aromatic rings. The lowest BCUT2D eigenvalue weighted by Gasteiger charge is -2.35. The average Bonchev–Trinajstić information content (AvgIpc) is 2.92. The SMILES string of the molecule is CN(C)C(CCc1c[nH]c2ccccc12)C1COCCN1. The molecule has 2 N–H and O–H groups in total. The van der Waals surface area contributed by atoms with Gasteiger partial charge in [-0.1, -0.05) is 18.2 Å². The molecule has 0 bridgehead atoms. The number of H-pyrrole nitrogens is 1.